The van der Waals surface area contributed by atoms with Crippen molar-refractivity contribution in [3.8, 4) is 16.9 Å². The van der Waals surface area contributed by atoms with Gasteiger partial charge in [0.05, 0.1) is 7.11 Å². The maximum atomic E-state index is 11.1. The van der Waals surface area contributed by atoms with E-state index in [9.17, 15) is 4.79 Å². The Morgan fingerprint density at radius 3 is 2.29 bits per heavy atom. The first kappa shape index (κ1) is 13.2. The van der Waals surface area contributed by atoms with Gasteiger partial charge in [-0.05, 0) is 40.1 Å². The van der Waals surface area contributed by atoms with Crippen LogP contribution in [0.25, 0.3) is 21.9 Å². The van der Waals surface area contributed by atoms with Gasteiger partial charge in [0.15, 0.2) is 0 Å². The number of carboxylic acids is 1. The first-order valence-corrected chi connectivity index (χ1v) is 6.59. The number of ether oxygens (including phenoxy) is 1. The Balaban J connectivity index is 2.11. The molecule has 0 saturated carbocycles. The second-order valence-electron chi connectivity index (χ2n) is 4.78. The van der Waals surface area contributed by atoms with Crippen molar-refractivity contribution in [3.63, 3.8) is 0 Å². The van der Waals surface area contributed by atoms with Crippen molar-refractivity contribution < 1.29 is 14.6 Å². The zero-order chi connectivity index (χ0) is 14.8. The van der Waals surface area contributed by atoms with Gasteiger partial charge >= 0.3 is 5.97 Å². The molecule has 0 saturated heterocycles. The number of methoxy groups -OCH3 is 1. The first-order valence-electron chi connectivity index (χ1n) is 6.59. The molecule has 3 aromatic carbocycles. The molecule has 0 bridgehead atoms. The Hall–Kier alpha value is -2.81. The fourth-order valence-electron chi connectivity index (χ4n) is 2.42. The van der Waals surface area contributed by atoms with Crippen molar-refractivity contribution in [2.75, 3.05) is 7.11 Å². The molecule has 0 aliphatic rings. The van der Waals surface area contributed by atoms with E-state index in [0.29, 0.717) is 5.75 Å². The predicted octanol–water partition coefficient (Wildman–Crippen LogP) is 4.21. The Labute approximate surface area is 122 Å². The van der Waals surface area contributed by atoms with Crippen molar-refractivity contribution in [2.24, 2.45) is 0 Å². The molecule has 1 N–H and O–H groups in total. The van der Waals surface area contributed by atoms with Crippen molar-refractivity contribution in [1.29, 1.82) is 0 Å². The lowest BCUT2D eigenvalue weighted by Gasteiger charge is -2.09. The molecule has 3 rings (SSSR count). The van der Waals surface area contributed by atoms with Gasteiger partial charge in [0.25, 0.3) is 0 Å². The van der Waals surface area contributed by atoms with Crippen LogP contribution in [0.5, 0.6) is 5.75 Å². The third-order valence-corrected chi connectivity index (χ3v) is 3.51. The lowest BCUT2D eigenvalue weighted by atomic mass is 10.00. The molecule has 3 aromatic rings. The molecule has 3 heteroatoms. The number of hydrogen-bond donors (Lipinski definition) is 1. The summed E-state index contributed by atoms with van der Waals surface area (Å²) in [4.78, 5) is 11.1. The van der Waals surface area contributed by atoms with E-state index < -0.39 is 5.97 Å². The van der Waals surface area contributed by atoms with E-state index in [1.54, 1.807) is 18.2 Å². The number of benzene rings is 3. The minimum atomic E-state index is -0.989. The van der Waals surface area contributed by atoms with Crippen LogP contribution in [0.1, 0.15) is 10.4 Å². The van der Waals surface area contributed by atoms with Crippen molar-refractivity contribution in [3.05, 3.63) is 66.2 Å². The van der Waals surface area contributed by atoms with Gasteiger partial charge in [-0.1, -0.05) is 42.5 Å². The fraction of sp³-hybridized carbons (Fsp3) is 0.0556. The van der Waals surface area contributed by atoms with E-state index in [1.165, 1.54) is 12.5 Å². The van der Waals surface area contributed by atoms with Gasteiger partial charge in [0.2, 0.25) is 0 Å². The molecular weight excluding hydrogens is 264 g/mol. The average Bonchev–Trinajstić information content (AvgIpc) is 2.53. The molecule has 0 fully saturated rings. The monoisotopic (exact) mass is 278 g/mol. The Kier molecular flexibility index (Phi) is 3.32. The summed E-state index contributed by atoms with van der Waals surface area (Å²) >= 11 is 0. The van der Waals surface area contributed by atoms with Gasteiger partial charge in [-0.15, -0.1) is 0 Å². The average molecular weight is 278 g/mol. The second-order valence-corrected chi connectivity index (χ2v) is 4.78. The highest BCUT2D eigenvalue weighted by atomic mass is 16.5. The minimum Gasteiger partial charge on any atom is -0.496 e. The molecule has 0 spiro atoms. The molecule has 0 heterocycles. The van der Waals surface area contributed by atoms with Crippen LogP contribution in [0.4, 0.5) is 0 Å². The van der Waals surface area contributed by atoms with Crippen LogP contribution < -0.4 is 4.74 Å². The number of rotatable bonds is 3. The van der Waals surface area contributed by atoms with E-state index in [0.717, 1.165) is 16.5 Å². The highest BCUT2D eigenvalue weighted by molar-refractivity contribution is 5.93. The van der Waals surface area contributed by atoms with Crippen molar-refractivity contribution in [1.82, 2.24) is 0 Å². The van der Waals surface area contributed by atoms with Crippen LogP contribution in [-0.4, -0.2) is 18.2 Å². The number of carboxylic acid groups (broad SMARTS) is 1. The standard InChI is InChI=1S/C18H14O3/c1-21-17-11-15(8-9-16(17)18(19)20)14-7-6-12-4-2-3-5-13(12)10-14/h2-11H,1H3,(H,19,20). The van der Waals surface area contributed by atoms with Crippen molar-refractivity contribution >= 4 is 16.7 Å². The molecule has 3 nitrogen and oxygen atoms in total. The van der Waals surface area contributed by atoms with Gasteiger partial charge in [-0.2, -0.15) is 0 Å². The van der Waals surface area contributed by atoms with Crippen LogP contribution in [0.2, 0.25) is 0 Å². The number of fused-ring (bicyclic) bond motifs is 1. The second kappa shape index (κ2) is 5.29. The number of aromatic carboxylic acids is 1. The molecular formula is C18H14O3. The fourth-order valence-corrected chi connectivity index (χ4v) is 2.42. The van der Waals surface area contributed by atoms with Crippen molar-refractivity contribution in [2.45, 2.75) is 0 Å². The number of hydrogen-bond acceptors (Lipinski definition) is 2. The zero-order valence-corrected chi connectivity index (χ0v) is 11.5. The molecule has 0 aliphatic carbocycles. The van der Waals surface area contributed by atoms with E-state index >= 15 is 0 Å². The van der Waals surface area contributed by atoms with Gasteiger partial charge in [-0.3, -0.25) is 0 Å². The lowest BCUT2D eigenvalue weighted by molar-refractivity contribution is 0.0693. The maximum absolute atomic E-state index is 11.1. The molecule has 0 aromatic heterocycles. The predicted molar refractivity (Wildman–Crippen MR) is 82.9 cm³/mol. The van der Waals surface area contributed by atoms with Gasteiger partial charge in [0.1, 0.15) is 11.3 Å². The summed E-state index contributed by atoms with van der Waals surface area (Å²) in [5.41, 5.74) is 2.13. The summed E-state index contributed by atoms with van der Waals surface area (Å²) in [6, 6.07) is 19.4. The molecule has 0 amide bonds. The van der Waals surface area contributed by atoms with Crippen LogP contribution in [0, 0.1) is 0 Å². The third kappa shape index (κ3) is 2.46. The SMILES string of the molecule is COc1cc(-c2ccc3ccccc3c2)ccc1C(=O)O. The molecule has 0 unspecified atom stereocenters. The summed E-state index contributed by atoms with van der Waals surface area (Å²) in [5, 5.41) is 11.4. The topological polar surface area (TPSA) is 46.5 Å². The smallest absolute Gasteiger partial charge is 0.339 e. The molecule has 0 atom stereocenters. The zero-order valence-electron chi connectivity index (χ0n) is 11.5. The van der Waals surface area contributed by atoms with E-state index in [4.69, 9.17) is 9.84 Å². The highest BCUT2D eigenvalue weighted by Crippen LogP contribution is 2.29. The Bertz CT molecular complexity index is 822. The van der Waals surface area contributed by atoms with Crippen LogP contribution in [0.15, 0.2) is 60.7 Å². The highest BCUT2D eigenvalue weighted by Gasteiger charge is 2.12. The molecule has 21 heavy (non-hydrogen) atoms. The number of carbonyl (C=O) groups is 1. The largest absolute Gasteiger partial charge is 0.496 e. The van der Waals surface area contributed by atoms with E-state index in [2.05, 4.69) is 24.3 Å². The van der Waals surface area contributed by atoms with Gasteiger partial charge in [0, 0.05) is 0 Å². The van der Waals surface area contributed by atoms with E-state index in [-0.39, 0.29) is 5.56 Å². The summed E-state index contributed by atoms with van der Waals surface area (Å²) in [6.07, 6.45) is 0. The first-order chi connectivity index (χ1) is 10.2. The molecule has 104 valence electrons. The Morgan fingerprint density at radius 2 is 1.57 bits per heavy atom. The maximum Gasteiger partial charge on any atom is 0.339 e. The van der Waals surface area contributed by atoms with Gasteiger partial charge in [-0.25, -0.2) is 4.79 Å². The van der Waals surface area contributed by atoms with Crippen LogP contribution in [0.3, 0.4) is 0 Å². The summed E-state index contributed by atoms with van der Waals surface area (Å²) in [6.45, 7) is 0. The Morgan fingerprint density at radius 1 is 0.905 bits per heavy atom. The summed E-state index contributed by atoms with van der Waals surface area (Å²) in [7, 11) is 1.48. The van der Waals surface area contributed by atoms with Crippen LogP contribution >= 0.6 is 0 Å². The summed E-state index contributed by atoms with van der Waals surface area (Å²) in [5.74, 6) is -0.620. The summed E-state index contributed by atoms with van der Waals surface area (Å²) < 4.78 is 5.18. The molecule has 0 radical (unpaired) electrons. The van der Waals surface area contributed by atoms with Gasteiger partial charge < -0.3 is 9.84 Å². The lowest BCUT2D eigenvalue weighted by Crippen LogP contribution is -2.00. The normalized spacial score (nSPS) is 10.5. The van der Waals surface area contributed by atoms with Crippen LogP contribution in [-0.2, 0) is 0 Å². The van der Waals surface area contributed by atoms with E-state index in [1.807, 2.05) is 18.2 Å². The quantitative estimate of drug-likeness (QED) is 0.780. The third-order valence-electron chi connectivity index (χ3n) is 3.51. The molecule has 0 aliphatic heterocycles. The minimum absolute atomic E-state index is 0.169.